The van der Waals surface area contributed by atoms with Crippen molar-refractivity contribution in [1.29, 1.82) is 0 Å². The molecule has 0 saturated carbocycles. The van der Waals surface area contributed by atoms with E-state index in [0.717, 1.165) is 26.1 Å². The van der Waals surface area contributed by atoms with Crippen LogP contribution in [0.2, 0.25) is 0 Å². The number of ether oxygens (including phenoxy) is 2. The zero-order valence-electron chi connectivity index (χ0n) is 11.6. The van der Waals surface area contributed by atoms with Crippen molar-refractivity contribution in [2.75, 3.05) is 40.0 Å². The SMILES string of the molecule is CCNCC(C)(CCOCCOC)C(C)C. The van der Waals surface area contributed by atoms with Gasteiger partial charge in [-0.1, -0.05) is 27.7 Å². The minimum atomic E-state index is 0.323. The van der Waals surface area contributed by atoms with Crippen LogP contribution in [0, 0.1) is 11.3 Å². The van der Waals surface area contributed by atoms with Gasteiger partial charge in [-0.25, -0.2) is 0 Å². The third-order valence-electron chi connectivity index (χ3n) is 3.42. The third kappa shape index (κ3) is 6.46. The first-order valence-electron chi connectivity index (χ1n) is 6.34. The molecule has 0 aliphatic rings. The van der Waals surface area contributed by atoms with Crippen LogP contribution >= 0.6 is 0 Å². The van der Waals surface area contributed by atoms with Gasteiger partial charge in [0.15, 0.2) is 0 Å². The van der Waals surface area contributed by atoms with Crippen LogP contribution in [-0.4, -0.2) is 40.0 Å². The van der Waals surface area contributed by atoms with E-state index in [-0.39, 0.29) is 0 Å². The van der Waals surface area contributed by atoms with E-state index < -0.39 is 0 Å². The maximum absolute atomic E-state index is 5.55. The van der Waals surface area contributed by atoms with E-state index in [1.807, 2.05) is 0 Å². The van der Waals surface area contributed by atoms with Crippen LogP contribution < -0.4 is 5.32 Å². The van der Waals surface area contributed by atoms with Crippen LogP contribution in [0.25, 0.3) is 0 Å². The predicted molar refractivity (Wildman–Crippen MR) is 68.8 cm³/mol. The molecule has 0 radical (unpaired) electrons. The molecule has 3 nitrogen and oxygen atoms in total. The molecule has 1 atom stereocenters. The molecule has 0 aliphatic carbocycles. The molecule has 3 heteroatoms. The summed E-state index contributed by atoms with van der Waals surface area (Å²) in [7, 11) is 1.70. The fraction of sp³-hybridized carbons (Fsp3) is 1.00. The number of rotatable bonds is 10. The van der Waals surface area contributed by atoms with Gasteiger partial charge in [-0.15, -0.1) is 0 Å². The fourth-order valence-electron chi connectivity index (χ4n) is 1.54. The second-order valence-corrected chi connectivity index (χ2v) is 4.94. The first kappa shape index (κ1) is 15.9. The van der Waals surface area contributed by atoms with E-state index in [0.29, 0.717) is 24.5 Å². The van der Waals surface area contributed by atoms with Crippen LogP contribution in [0.15, 0.2) is 0 Å². The summed E-state index contributed by atoms with van der Waals surface area (Å²) in [6.07, 6.45) is 1.10. The Morgan fingerprint density at radius 1 is 1.19 bits per heavy atom. The third-order valence-corrected chi connectivity index (χ3v) is 3.42. The summed E-state index contributed by atoms with van der Waals surface area (Å²) in [6.45, 7) is 13.4. The van der Waals surface area contributed by atoms with E-state index in [4.69, 9.17) is 9.47 Å². The number of hydrogen-bond donors (Lipinski definition) is 1. The maximum atomic E-state index is 5.55. The summed E-state index contributed by atoms with van der Waals surface area (Å²) < 4.78 is 10.5. The first-order chi connectivity index (χ1) is 7.56. The highest BCUT2D eigenvalue weighted by molar-refractivity contribution is 4.79. The Morgan fingerprint density at radius 2 is 1.88 bits per heavy atom. The molecule has 98 valence electrons. The second-order valence-electron chi connectivity index (χ2n) is 4.94. The van der Waals surface area contributed by atoms with Crippen LogP contribution in [-0.2, 0) is 9.47 Å². The molecular formula is C13H29NO2. The largest absolute Gasteiger partial charge is 0.382 e. The van der Waals surface area contributed by atoms with Gasteiger partial charge in [0.05, 0.1) is 13.2 Å². The second kappa shape index (κ2) is 8.97. The molecule has 0 saturated heterocycles. The summed E-state index contributed by atoms with van der Waals surface area (Å²) in [6, 6.07) is 0. The lowest BCUT2D eigenvalue weighted by atomic mass is 9.76. The molecule has 0 aromatic carbocycles. The summed E-state index contributed by atoms with van der Waals surface area (Å²) >= 11 is 0. The molecule has 0 rings (SSSR count). The molecule has 0 aliphatic heterocycles. The van der Waals surface area contributed by atoms with Gasteiger partial charge < -0.3 is 14.8 Å². The van der Waals surface area contributed by atoms with Crippen molar-refractivity contribution in [3.63, 3.8) is 0 Å². The van der Waals surface area contributed by atoms with Gasteiger partial charge >= 0.3 is 0 Å². The van der Waals surface area contributed by atoms with Gasteiger partial charge in [0.1, 0.15) is 0 Å². The lowest BCUT2D eigenvalue weighted by molar-refractivity contribution is 0.0444. The summed E-state index contributed by atoms with van der Waals surface area (Å²) in [5, 5.41) is 3.44. The quantitative estimate of drug-likeness (QED) is 0.585. The summed E-state index contributed by atoms with van der Waals surface area (Å²) in [5.41, 5.74) is 0.323. The zero-order valence-corrected chi connectivity index (χ0v) is 11.6. The van der Waals surface area contributed by atoms with Crippen molar-refractivity contribution in [3.05, 3.63) is 0 Å². The summed E-state index contributed by atoms with van der Waals surface area (Å²) in [4.78, 5) is 0. The normalized spacial score (nSPS) is 15.4. The van der Waals surface area contributed by atoms with Crippen molar-refractivity contribution in [3.8, 4) is 0 Å². The monoisotopic (exact) mass is 231 g/mol. The highest BCUT2D eigenvalue weighted by Gasteiger charge is 2.27. The lowest BCUT2D eigenvalue weighted by Gasteiger charge is -2.34. The Hall–Kier alpha value is -0.120. The van der Waals surface area contributed by atoms with Crippen LogP contribution in [0.1, 0.15) is 34.1 Å². The molecule has 1 unspecified atom stereocenters. The zero-order chi connectivity index (χ0) is 12.4. The molecule has 0 bridgehead atoms. The Morgan fingerprint density at radius 3 is 2.38 bits per heavy atom. The Labute approximate surface area is 101 Å². The molecule has 1 N–H and O–H groups in total. The molecule has 0 spiro atoms. The van der Waals surface area contributed by atoms with Crippen LogP contribution in [0.4, 0.5) is 0 Å². The van der Waals surface area contributed by atoms with Crippen molar-refractivity contribution < 1.29 is 9.47 Å². The van der Waals surface area contributed by atoms with Crippen LogP contribution in [0.3, 0.4) is 0 Å². The van der Waals surface area contributed by atoms with E-state index >= 15 is 0 Å². The predicted octanol–water partition coefficient (Wildman–Crippen LogP) is 2.31. The molecule has 16 heavy (non-hydrogen) atoms. The Bertz CT molecular complexity index is 162. The van der Waals surface area contributed by atoms with Gasteiger partial charge in [-0.2, -0.15) is 0 Å². The summed E-state index contributed by atoms with van der Waals surface area (Å²) in [5.74, 6) is 0.664. The van der Waals surface area contributed by atoms with Gasteiger partial charge in [-0.3, -0.25) is 0 Å². The molecule has 0 heterocycles. The van der Waals surface area contributed by atoms with Crippen molar-refractivity contribution in [2.24, 2.45) is 11.3 Å². The smallest absolute Gasteiger partial charge is 0.0700 e. The fourth-order valence-corrected chi connectivity index (χ4v) is 1.54. The van der Waals surface area contributed by atoms with Crippen molar-refractivity contribution in [1.82, 2.24) is 5.32 Å². The molecule has 0 aromatic rings. The van der Waals surface area contributed by atoms with E-state index in [1.165, 1.54) is 0 Å². The highest BCUT2D eigenvalue weighted by atomic mass is 16.5. The van der Waals surface area contributed by atoms with Gasteiger partial charge in [0.2, 0.25) is 0 Å². The minimum Gasteiger partial charge on any atom is -0.382 e. The van der Waals surface area contributed by atoms with E-state index in [1.54, 1.807) is 7.11 Å². The average Bonchev–Trinajstić information content (AvgIpc) is 2.26. The Kier molecular flexibility index (Phi) is 8.90. The molecule has 0 amide bonds. The lowest BCUT2D eigenvalue weighted by Crippen LogP contribution is -2.37. The first-order valence-corrected chi connectivity index (χ1v) is 6.34. The van der Waals surface area contributed by atoms with Crippen molar-refractivity contribution in [2.45, 2.75) is 34.1 Å². The van der Waals surface area contributed by atoms with E-state index in [9.17, 15) is 0 Å². The number of hydrogen-bond acceptors (Lipinski definition) is 3. The maximum Gasteiger partial charge on any atom is 0.0700 e. The number of nitrogens with one attached hydrogen (secondary N) is 1. The van der Waals surface area contributed by atoms with E-state index in [2.05, 4.69) is 33.0 Å². The molecular weight excluding hydrogens is 202 g/mol. The van der Waals surface area contributed by atoms with Crippen molar-refractivity contribution >= 4 is 0 Å². The van der Waals surface area contributed by atoms with Gasteiger partial charge in [-0.05, 0) is 24.3 Å². The topological polar surface area (TPSA) is 30.5 Å². The molecule has 0 fully saturated rings. The highest BCUT2D eigenvalue weighted by Crippen LogP contribution is 2.30. The van der Waals surface area contributed by atoms with Gasteiger partial charge in [0.25, 0.3) is 0 Å². The molecule has 0 aromatic heterocycles. The number of methoxy groups -OCH3 is 1. The average molecular weight is 231 g/mol. The van der Waals surface area contributed by atoms with Crippen LogP contribution in [0.5, 0.6) is 0 Å². The van der Waals surface area contributed by atoms with Gasteiger partial charge in [0, 0.05) is 20.3 Å². The minimum absolute atomic E-state index is 0.323. The Balaban J connectivity index is 3.83. The standard InChI is InChI=1S/C13H29NO2/c1-6-14-11-13(4,12(2)3)7-8-16-10-9-15-5/h12,14H,6-11H2,1-5H3.